The van der Waals surface area contributed by atoms with Gasteiger partial charge in [-0.15, -0.1) is 0 Å². The van der Waals surface area contributed by atoms with Crippen molar-refractivity contribution in [2.75, 3.05) is 13.1 Å². The van der Waals surface area contributed by atoms with Crippen LogP contribution in [0, 0.1) is 5.92 Å². The third-order valence-electron chi connectivity index (χ3n) is 4.62. The normalized spacial score (nSPS) is 15.9. The summed E-state index contributed by atoms with van der Waals surface area (Å²) >= 11 is 16.4. The van der Waals surface area contributed by atoms with Crippen molar-refractivity contribution in [1.82, 2.24) is 9.88 Å². The molecule has 0 saturated carbocycles. The zero-order valence-corrected chi connectivity index (χ0v) is 16.0. The Labute approximate surface area is 158 Å². The second-order valence-electron chi connectivity index (χ2n) is 6.11. The van der Waals surface area contributed by atoms with Gasteiger partial charge in [-0.05, 0) is 49.8 Å². The van der Waals surface area contributed by atoms with Crippen molar-refractivity contribution in [1.29, 1.82) is 0 Å². The first-order valence-electron chi connectivity index (χ1n) is 7.86. The van der Waals surface area contributed by atoms with E-state index in [-0.39, 0.29) is 0 Å². The molecule has 0 atom stereocenters. The van der Waals surface area contributed by atoms with Crippen LogP contribution in [0.4, 0.5) is 4.79 Å². The monoisotopic (exact) mass is 430 g/mol. The number of carboxylic acid groups (broad SMARTS) is 1. The highest BCUT2D eigenvalue weighted by Crippen LogP contribution is 2.34. The SMILES string of the molecule is O=C(O)N1CCC(CCc2c(Cl)nc3ccc(Br)cc3c2Cl)CC1. The molecule has 1 N–H and O–H groups in total. The van der Waals surface area contributed by atoms with Crippen LogP contribution in [0.2, 0.25) is 10.2 Å². The minimum atomic E-state index is -0.830. The number of aromatic nitrogens is 1. The molecule has 0 radical (unpaired) electrons. The van der Waals surface area contributed by atoms with E-state index >= 15 is 0 Å². The molecule has 1 fully saturated rings. The van der Waals surface area contributed by atoms with E-state index in [1.807, 2.05) is 18.2 Å². The Hall–Kier alpha value is -1.04. The predicted molar refractivity (Wildman–Crippen MR) is 100 cm³/mol. The van der Waals surface area contributed by atoms with E-state index in [2.05, 4.69) is 20.9 Å². The summed E-state index contributed by atoms with van der Waals surface area (Å²) in [6.45, 7) is 1.20. The number of rotatable bonds is 3. The molecule has 1 aliphatic heterocycles. The summed E-state index contributed by atoms with van der Waals surface area (Å²) < 4.78 is 0.952. The van der Waals surface area contributed by atoms with Crippen molar-refractivity contribution in [3.05, 3.63) is 38.4 Å². The maximum Gasteiger partial charge on any atom is 0.407 e. The molecule has 1 aromatic carbocycles. The molecule has 0 spiro atoms. The number of piperidine rings is 1. The topological polar surface area (TPSA) is 53.4 Å². The zero-order chi connectivity index (χ0) is 17.3. The highest BCUT2D eigenvalue weighted by molar-refractivity contribution is 9.10. The lowest BCUT2D eigenvalue weighted by molar-refractivity contribution is 0.123. The number of benzene rings is 1. The van der Waals surface area contributed by atoms with Crippen molar-refractivity contribution in [3.63, 3.8) is 0 Å². The van der Waals surface area contributed by atoms with Gasteiger partial charge in [0.1, 0.15) is 5.15 Å². The number of pyridine rings is 1. The Kier molecular flexibility index (Phi) is 5.52. The largest absolute Gasteiger partial charge is 0.465 e. The number of carbonyl (C=O) groups is 1. The molecule has 0 unspecified atom stereocenters. The van der Waals surface area contributed by atoms with E-state index in [9.17, 15) is 4.79 Å². The predicted octanol–water partition coefficient (Wildman–Crippen LogP) is 5.63. The summed E-state index contributed by atoms with van der Waals surface area (Å²) in [5, 5.41) is 11.0. The molecule has 1 aromatic heterocycles. The van der Waals surface area contributed by atoms with E-state index in [0.29, 0.717) is 29.2 Å². The minimum Gasteiger partial charge on any atom is -0.465 e. The van der Waals surface area contributed by atoms with E-state index < -0.39 is 6.09 Å². The van der Waals surface area contributed by atoms with E-state index in [0.717, 1.165) is 46.6 Å². The molecular formula is C17H17BrCl2N2O2. The van der Waals surface area contributed by atoms with Crippen LogP contribution in [-0.2, 0) is 6.42 Å². The van der Waals surface area contributed by atoms with E-state index in [1.165, 1.54) is 4.90 Å². The third-order valence-corrected chi connectivity index (χ3v) is 5.85. The number of amides is 1. The highest BCUT2D eigenvalue weighted by Gasteiger charge is 2.23. The standard InChI is InChI=1S/C17H17BrCl2N2O2/c18-11-2-4-14-13(9-11)15(19)12(16(20)21-14)3-1-10-5-7-22(8-6-10)17(23)24/h2,4,9-10H,1,3,5-8H2,(H,23,24). The maximum atomic E-state index is 11.0. The first kappa shape index (κ1) is 17.8. The van der Waals surface area contributed by atoms with Crippen LogP contribution in [0.5, 0.6) is 0 Å². The van der Waals surface area contributed by atoms with Gasteiger partial charge in [0, 0.05) is 28.5 Å². The molecular weight excluding hydrogens is 415 g/mol. The molecule has 128 valence electrons. The van der Waals surface area contributed by atoms with Crippen molar-refractivity contribution >= 4 is 56.1 Å². The summed E-state index contributed by atoms with van der Waals surface area (Å²) in [6.07, 6.45) is 2.63. The highest BCUT2D eigenvalue weighted by atomic mass is 79.9. The molecule has 3 rings (SSSR count). The molecule has 7 heteroatoms. The molecule has 1 aliphatic rings. The molecule has 2 aromatic rings. The number of likely N-dealkylation sites (tertiary alicyclic amines) is 1. The van der Waals surface area contributed by atoms with Gasteiger partial charge in [-0.2, -0.15) is 0 Å². The quantitative estimate of drug-likeness (QED) is 0.641. The van der Waals surface area contributed by atoms with Gasteiger partial charge in [-0.1, -0.05) is 39.1 Å². The first-order valence-corrected chi connectivity index (χ1v) is 9.41. The van der Waals surface area contributed by atoms with E-state index in [4.69, 9.17) is 28.3 Å². The van der Waals surface area contributed by atoms with Crippen molar-refractivity contribution in [3.8, 4) is 0 Å². The Balaban J connectivity index is 1.73. The van der Waals surface area contributed by atoms with Gasteiger partial charge in [0.15, 0.2) is 0 Å². The first-order chi connectivity index (χ1) is 11.5. The van der Waals surface area contributed by atoms with Gasteiger partial charge >= 0.3 is 6.09 Å². The summed E-state index contributed by atoms with van der Waals surface area (Å²) in [7, 11) is 0. The van der Waals surface area contributed by atoms with E-state index in [1.54, 1.807) is 0 Å². The molecule has 24 heavy (non-hydrogen) atoms. The second kappa shape index (κ2) is 7.46. The molecule has 1 saturated heterocycles. The average molecular weight is 432 g/mol. The Morgan fingerprint density at radius 1 is 1.33 bits per heavy atom. The number of halogens is 3. The van der Waals surface area contributed by atoms with Gasteiger partial charge in [0.05, 0.1) is 10.5 Å². The van der Waals surface area contributed by atoms with Crippen LogP contribution in [0.25, 0.3) is 10.9 Å². The lowest BCUT2D eigenvalue weighted by atomic mass is 9.91. The molecule has 0 aliphatic carbocycles. The van der Waals surface area contributed by atoms with Crippen molar-refractivity contribution < 1.29 is 9.90 Å². The van der Waals surface area contributed by atoms with Crippen LogP contribution < -0.4 is 0 Å². The molecule has 0 bridgehead atoms. The zero-order valence-electron chi connectivity index (χ0n) is 12.9. The van der Waals surface area contributed by atoms with Crippen molar-refractivity contribution in [2.24, 2.45) is 5.92 Å². The minimum absolute atomic E-state index is 0.456. The number of hydrogen-bond donors (Lipinski definition) is 1. The lowest BCUT2D eigenvalue weighted by Gasteiger charge is -2.30. The third kappa shape index (κ3) is 3.79. The number of hydrogen-bond acceptors (Lipinski definition) is 2. The van der Waals surface area contributed by atoms with Crippen LogP contribution in [0.3, 0.4) is 0 Å². The van der Waals surface area contributed by atoms with Gasteiger partial charge < -0.3 is 10.0 Å². The van der Waals surface area contributed by atoms with Gasteiger partial charge in [0.25, 0.3) is 0 Å². The molecule has 2 heterocycles. The van der Waals surface area contributed by atoms with Crippen LogP contribution in [0.15, 0.2) is 22.7 Å². The average Bonchev–Trinajstić information content (AvgIpc) is 2.56. The lowest BCUT2D eigenvalue weighted by Crippen LogP contribution is -2.37. The molecule has 1 amide bonds. The summed E-state index contributed by atoms with van der Waals surface area (Å²) in [5.74, 6) is 0.492. The summed E-state index contributed by atoms with van der Waals surface area (Å²) in [5.41, 5.74) is 1.66. The fourth-order valence-corrected chi connectivity index (χ4v) is 4.21. The van der Waals surface area contributed by atoms with Crippen LogP contribution >= 0.6 is 39.1 Å². The summed E-state index contributed by atoms with van der Waals surface area (Å²) in [4.78, 5) is 16.9. The van der Waals surface area contributed by atoms with Crippen LogP contribution in [-0.4, -0.2) is 34.2 Å². The molecule has 4 nitrogen and oxygen atoms in total. The van der Waals surface area contributed by atoms with Crippen molar-refractivity contribution in [2.45, 2.75) is 25.7 Å². The van der Waals surface area contributed by atoms with Crippen LogP contribution in [0.1, 0.15) is 24.8 Å². The smallest absolute Gasteiger partial charge is 0.407 e. The fourth-order valence-electron chi connectivity index (χ4n) is 3.18. The number of fused-ring (bicyclic) bond motifs is 1. The van der Waals surface area contributed by atoms with Gasteiger partial charge in [-0.25, -0.2) is 9.78 Å². The number of nitrogens with zero attached hydrogens (tertiary/aromatic N) is 2. The van der Waals surface area contributed by atoms with Gasteiger partial charge in [0.2, 0.25) is 0 Å². The second-order valence-corrected chi connectivity index (χ2v) is 7.76. The maximum absolute atomic E-state index is 11.0. The Morgan fingerprint density at radius 2 is 2.04 bits per heavy atom. The summed E-state index contributed by atoms with van der Waals surface area (Å²) in [6, 6.07) is 5.76. The fraction of sp³-hybridized carbons (Fsp3) is 0.412. The van der Waals surface area contributed by atoms with Gasteiger partial charge in [-0.3, -0.25) is 0 Å². The Morgan fingerprint density at radius 3 is 2.71 bits per heavy atom. The Bertz CT molecular complexity index is 777.